The standard InChI is InChI=1S/C15H31N3O3.HI/c1-3-16-15(17-7-4-9-19-2)18-8-5-10-20-12-14-6-11-21-13-14;/h14H,3-13H2,1-2H3,(H2,16,17,18);1H. The number of hydrogen-bond donors (Lipinski definition) is 2. The average Bonchev–Trinajstić information content (AvgIpc) is 3.00. The molecule has 2 N–H and O–H groups in total. The minimum Gasteiger partial charge on any atom is -0.385 e. The van der Waals surface area contributed by atoms with Crippen molar-refractivity contribution in [2.75, 3.05) is 59.8 Å². The van der Waals surface area contributed by atoms with Gasteiger partial charge in [-0.2, -0.15) is 0 Å². The van der Waals surface area contributed by atoms with Crippen LogP contribution in [0.5, 0.6) is 0 Å². The van der Waals surface area contributed by atoms with Crippen LogP contribution >= 0.6 is 24.0 Å². The first-order chi connectivity index (χ1) is 10.4. The van der Waals surface area contributed by atoms with Gasteiger partial charge in [0.1, 0.15) is 0 Å². The number of nitrogens with zero attached hydrogens (tertiary/aromatic N) is 1. The predicted octanol–water partition coefficient (Wildman–Crippen LogP) is 1.64. The van der Waals surface area contributed by atoms with Crippen molar-refractivity contribution >= 4 is 29.9 Å². The Balaban J connectivity index is 0.00000441. The Morgan fingerprint density at radius 2 is 2.14 bits per heavy atom. The molecule has 1 atom stereocenters. The minimum atomic E-state index is 0. The highest BCUT2D eigenvalue weighted by molar-refractivity contribution is 14.0. The molecular weight excluding hydrogens is 397 g/mol. The Morgan fingerprint density at radius 1 is 1.27 bits per heavy atom. The van der Waals surface area contributed by atoms with E-state index in [1.807, 2.05) is 0 Å². The molecule has 0 spiro atoms. The summed E-state index contributed by atoms with van der Waals surface area (Å²) in [5.41, 5.74) is 0. The second-order valence-electron chi connectivity index (χ2n) is 5.19. The monoisotopic (exact) mass is 429 g/mol. The van der Waals surface area contributed by atoms with E-state index in [0.29, 0.717) is 5.92 Å². The van der Waals surface area contributed by atoms with Crippen molar-refractivity contribution in [1.29, 1.82) is 0 Å². The second kappa shape index (κ2) is 15.8. The molecule has 22 heavy (non-hydrogen) atoms. The van der Waals surface area contributed by atoms with Crippen LogP contribution in [0.3, 0.4) is 0 Å². The largest absolute Gasteiger partial charge is 0.385 e. The van der Waals surface area contributed by atoms with Crippen molar-refractivity contribution in [3.8, 4) is 0 Å². The Bertz CT molecular complexity index is 275. The molecule has 0 bridgehead atoms. The highest BCUT2D eigenvalue weighted by Gasteiger charge is 2.15. The van der Waals surface area contributed by atoms with Crippen LogP contribution in [0.15, 0.2) is 4.99 Å². The van der Waals surface area contributed by atoms with Gasteiger partial charge in [0.25, 0.3) is 0 Å². The molecule has 1 aliphatic heterocycles. The summed E-state index contributed by atoms with van der Waals surface area (Å²) in [4.78, 5) is 4.49. The first kappa shape index (κ1) is 21.9. The number of ether oxygens (including phenoxy) is 3. The summed E-state index contributed by atoms with van der Waals surface area (Å²) in [5.74, 6) is 1.47. The van der Waals surface area contributed by atoms with E-state index in [9.17, 15) is 0 Å². The van der Waals surface area contributed by atoms with Crippen molar-refractivity contribution in [3.63, 3.8) is 0 Å². The maximum absolute atomic E-state index is 5.68. The lowest BCUT2D eigenvalue weighted by molar-refractivity contribution is 0.0888. The molecule has 1 fully saturated rings. The molecule has 0 aromatic rings. The molecule has 0 aliphatic carbocycles. The summed E-state index contributed by atoms with van der Waals surface area (Å²) in [6.07, 6.45) is 3.06. The summed E-state index contributed by atoms with van der Waals surface area (Å²) in [6, 6.07) is 0. The van der Waals surface area contributed by atoms with Gasteiger partial charge in [0.15, 0.2) is 5.96 Å². The molecule has 0 amide bonds. The van der Waals surface area contributed by atoms with Gasteiger partial charge in [0.2, 0.25) is 0 Å². The highest BCUT2D eigenvalue weighted by Crippen LogP contribution is 2.12. The Kier molecular flexibility index (Phi) is 15.7. The van der Waals surface area contributed by atoms with Crippen molar-refractivity contribution in [3.05, 3.63) is 0 Å². The zero-order chi connectivity index (χ0) is 15.2. The lowest BCUT2D eigenvalue weighted by Gasteiger charge is -2.12. The van der Waals surface area contributed by atoms with Crippen LogP contribution in [0.4, 0.5) is 0 Å². The number of rotatable bonds is 11. The SMILES string of the molecule is CCNC(=NCCCOC)NCCCOCC1CCOC1.I. The zero-order valence-corrected chi connectivity index (χ0v) is 16.3. The molecule has 6 nitrogen and oxygen atoms in total. The van der Waals surface area contributed by atoms with E-state index in [0.717, 1.165) is 77.9 Å². The third-order valence-corrected chi connectivity index (χ3v) is 3.26. The maximum Gasteiger partial charge on any atom is 0.191 e. The van der Waals surface area contributed by atoms with E-state index in [2.05, 4.69) is 22.5 Å². The lowest BCUT2D eigenvalue weighted by Crippen LogP contribution is -2.38. The molecular formula is C15H32IN3O3. The van der Waals surface area contributed by atoms with E-state index in [1.165, 1.54) is 0 Å². The molecule has 1 unspecified atom stereocenters. The fourth-order valence-corrected chi connectivity index (χ4v) is 2.09. The summed E-state index contributed by atoms with van der Waals surface area (Å²) in [6.45, 7) is 8.70. The quantitative estimate of drug-likeness (QED) is 0.226. The summed E-state index contributed by atoms with van der Waals surface area (Å²) < 4.78 is 16.0. The van der Waals surface area contributed by atoms with Gasteiger partial charge in [-0.15, -0.1) is 24.0 Å². The van der Waals surface area contributed by atoms with Crippen LogP contribution in [0.1, 0.15) is 26.2 Å². The maximum atomic E-state index is 5.68. The van der Waals surface area contributed by atoms with E-state index in [-0.39, 0.29) is 24.0 Å². The van der Waals surface area contributed by atoms with Crippen molar-refractivity contribution in [2.24, 2.45) is 10.9 Å². The molecule has 0 aromatic heterocycles. The van der Waals surface area contributed by atoms with E-state index in [4.69, 9.17) is 14.2 Å². The smallest absolute Gasteiger partial charge is 0.191 e. The first-order valence-electron chi connectivity index (χ1n) is 8.03. The Hall–Kier alpha value is -0.120. The molecule has 132 valence electrons. The molecule has 0 saturated carbocycles. The fraction of sp³-hybridized carbons (Fsp3) is 0.933. The van der Waals surface area contributed by atoms with Crippen LogP contribution in [0, 0.1) is 5.92 Å². The number of guanidine groups is 1. The van der Waals surface area contributed by atoms with Gasteiger partial charge in [0.05, 0.1) is 13.2 Å². The van der Waals surface area contributed by atoms with Crippen molar-refractivity contribution in [2.45, 2.75) is 26.2 Å². The number of nitrogens with one attached hydrogen (secondary N) is 2. The molecule has 7 heteroatoms. The van der Waals surface area contributed by atoms with E-state index in [1.54, 1.807) is 7.11 Å². The van der Waals surface area contributed by atoms with Gasteiger partial charge in [-0.05, 0) is 26.2 Å². The topological polar surface area (TPSA) is 64.1 Å². The molecule has 1 aliphatic rings. The van der Waals surface area contributed by atoms with Crippen molar-refractivity contribution in [1.82, 2.24) is 10.6 Å². The van der Waals surface area contributed by atoms with Crippen LogP contribution in [-0.2, 0) is 14.2 Å². The first-order valence-corrected chi connectivity index (χ1v) is 8.03. The van der Waals surface area contributed by atoms with Gasteiger partial charge in [-0.25, -0.2) is 0 Å². The molecule has 1 heterocycles. The summed E-state index contributed by atoms with van der Waals surface area (Å²) >= 11 is 0. The van der Waals surface area contributed by atoms with Crippen LogP contribution in [0.25, 0.3) is 0 Å². The van der Waals surface area contributed by atoms with Crippen LogP contribution in [-0.4, -0.2) is 65.7 Å². The highest BCUT2D eigenvalue weighted by atomic mass is 127. The van der Waals surface area contributed by atoms with Gasteiger partial charge in [-0.1, -0.05) is 0 Å². The Morgan fingerprint density at radius 3 is 2.82 bits per heavy atom. The number of hydrogen-bond acceptors (Lipinski definition) is 4. The molecule has 1 rings (SSSR count). The van der Waals surface area contributed by atoms with Gasteiger partial charge < -0.3 is 24.8 Å². The molecule has 1 saturated heterocycles. The fourth-order valence-electron chi connectivity index (χ4n) is 2.09. The lowest BCUT2D eigenvalue weighted by atomic mass is 10.1. The third-order valence-electron chi connectivity index (χ3n) is 3.26. The summed E-state index contributed by atoms with van der Waals surface area (Å²) in [7, 11) is 1.71. The second-order valence-corrected chi connectivity index (χ2v) is 5.19. The van der Waals surface area contributed by atoms with Gasteiger partial charge in [0, 0.05) is 52.5 Å². The predicted molar refractivity (Wildman–Crippen MR) is 100 cm³/mol. The van der Waals surface area contributed by atoms with Crippen molar-refractivity contribution < 1.29 is 14.2 Å². The minimum absolute atomic E-state index is 0. The summed E-state index contributed by atoms with van der Waals surface area (Å²) in [5, 5.41) is 6.56. The van der Waals surface area contributed by atoms with Gasteiger partial charge in [-0.3, -0.25) is 4.99 Å². The number of methoxy groups -OCH3 is 1. The van der Waals surface area contributed by atoms with E-state index < -0.39 is 0 Å². The number of halogens is 1. The normalized spacial score (nSPS) is 18.1. The molecule has 0 aromatic carbocycles. The van der Waals surface area contributed by atoms with E-state index >= 15 is 0 Å². The average molecular weight is 429 g/mol. The Labute approximate surface area is 151 Å². The third kappa shape index (κ3) is 11.4. The van der Waals surface area contributed by atoms with Crippen LogP contribution < -0.4 is 10.6 Å². The molecule has 0 radical (unpaired) electrons. The zero-order valence-electron chi connectivity index (χ0n) is 13.9. The number of aliphatic imine (C=N–C) groups is 1. The van der Waals surface area contributed by atoms with Crippen LogP contribution in [0.2, 0.25) is 0 Å². The van der Waals surface area contributed by atoms with Gasteiger partial charge >= 0.3 is 0 Å².